The van der Waals surface area contributed by atoms with Gasteiger partial charge in [0.25, 0.3) is 6.01 Å². The Balaban J connectivity index is 1.65. The van der Waals surface area contributed by atoms with Crippen LogP contribution in [0.1, 0.15) is 58.3 Å². The summed E-state index contributed by atoms with van der Waals surface area (Å²) in [7, 11) is 3.49. The third kappa shape index (κ3) is 5.72. The molecule has 29 heavy (non-hydrogen) atoms. The predicted octanol–water partition coefficient (Wildman–Crippen LogP) is 3.71. The fraction of sp³-hybridized carbons (Fsp3) is 0.762. The molecule has 1 aliphatic heterocycles. The van der Waals surface area contributed by atoms with E-state index in [9.17, 15) is 0 Å². The number of likely N-dealkylation sites (tertiary alicyclic amines) is 1. The number of unbranched alkanes of at least 4 members (excludes halogenated alkanes) is 3. The molecule has 1 fully saturated rings. The topological polar surface area (TPSA) is 77.3 Å². The summed E-state index contributed by atoms with van der Waals surface area (Å²) < 4.78 is 13.3. The van der Waals surface area contributed by atoms with Crippen molar-refractivity contribution in [3.8, 4) is 12.0 Å². The van der Waals surface area contributed by atoms with E-state index in [1.165, 1.54) is 51.7 Å². The Kier molecular flexibility index (Phi) is 8.34. The Labute approximate surface area is 174 Å². The van der Waals surface area contributed by atoms with Gasteiger partial charge in [0.1, 0.15) is 0 Å². The molecule has 0 radical (unpaired) electrons. The molecule has 0 unspecified atom stereocenters. The summed E-state index contributed by atoms with van der Waals surface area (Å²) in [4.78, 5) is 16.3. The van der Waals surface area contributed by atoms with Crippen LogP contribution in [0.2, 0.25) is 0 Å². The van der Waals surface area contributed by atoms with E-state index in [4.69, 9.17) is 9.47 Å². The van der Waals surface area contributed by atoms with Crippen LogP contribution >= 0.6 is 0 Å². The first-order valence-corrected chi connectivity index (χ1v) is 11.1. The van der Waals surface area contributed by atoms with Crippen molar-refractivity contribution in [3.05, 3.63) is 0 Å². The molecule has 8 nitrogen and oxygen atoms in total. The van der Waals surface area contributed by atoms with Crippen molar-refractivity contribution in [2.45, 2.75) is 64.8 Å². The number of methoxy groups -OCH3 is 1. The molecule has 3 heterocycles. The number of piperidine rings is 1. The molecule has 0 amide bonds. The quantitative estimate of drug-likeness (QED) is 0.540. The number of anilines is 1. The van der Waals surface area contributed by atoms with Crippen LogP contribution in [0.3, 0.4) is 0 Å². The summed E-state index contributed by atoms with van der Waals surface area (Å²) in [5.74, 6) is 0.670. The summed E-state index contributed by atoms with van der Waals surface area (Å²) >= 11 is 0. The number of ether oxygens (including phenoxy) is 2. The summed E-state index contributed by atoms with van der Waals surface area (Å²) in [5.41, 5.74) is 1.49. The molecule has 0 saturated carbocycles. The van der Waals surface area contributed by atoms with E-state index in [0.717, 1.165) is 37.0 Å². The third-order valence-corrected chi connectivity index (χ3v) is 5.49. The van der Waals surface area contributed by atoms with E-state index in [0.29, 0.717) is 24.4 Å². The molecular formula is C21H36N6O2. The second-order valence-electron chi connectivity index (χ2n) is 7.69. The molecule has 1 saturated heterocycles. The SMILES string of the molecule is CCCCOc1nc(NC)c2nc(OC)n(CCCCCN3CCCCC3)c2n1. The second kappa shape index (κ2) is 11.2. The number of nitrogens with zero attached hydrogens (tertiary/aromatic N) is 5. The van der Waals surface area contributed by atoms with Crippen molar-refractivity contribution in [1.82, 2.24) is 24.4 Å². The number of imidazole rings is 1. The lowest BCUT2D eigenvalue weighted by Gasteiger charge is -2.26. The van der Waals surface area contributed by atoms with Crippen LogP contribution in [0.4, 0.5) is 5.82 Å². The van der Waals surface area contributed by atoms with E-state index in [1.54, 1.807) is 7.11 Å². The average molecular weight is 405 g/mol. The van der Waals surface area contributed by atoms with E-state index in [2.05, 4.69) is 32.1 Å². The molecule has 0 aliphatic carbocycles. The summed E-state index contributed by atoms with van der Waals surface area (Å²) in [6, 6.07) is 0.969. The van der Waals surface area contributed by atoms with Crippen LogP contribution < -0.4 is 14.8 Å². The number of aryl methyl sites for hydroxylation is 1. The lowest BCUT2D eigenvalue weighted by atomic mass is 10.1. The third-order valence-electron chi connectivity index (χ3n) is 5.49. The predicted molar refractivity (Wildman–Crippen MR) is 116 cm³/mol. The zero-order chi connectivity index (χ0) is 20.5. The van der Waals surface area contributed by atoms with Gasteiger partial charge in [0, 0.05) is 13.6 Å². The Morgan fingerprint density at radius 1 is 0.966 bits per heavy atom. The number of hydrogen-bond acceptors (Lipinski definition) is 7. The summed E-state index contributed by atoms with van der Waals surface area (Å²) in [5, 5.41) is 3.11. The van der Waals surface area contributed by atoms with Crippen LogP contribution in [0.15, 0.2) is 0 Å². The lowest BCUT2D eigenvalue weighted by Crippen LogP contribution is -2.30. The molecule has 3 rings (SSSR count). The zero-order valence-corrected chi connectivity index (χ0v) is 18.2. The summed E-state index contributed by atoms with van der Waals surface area (Å²) in [6.45, 7) is 7.33. The number of nitrogens with one attached hydrogen (secondary N) is 1. The van der Waals surface area contributed by atoms with Gasteiger partial charge in [-0.3, -0.25) is 4.57 Å². The Hall–Kier alpha value is -2.09. The van der Waals surface area contributed by atoms with E-state index >= 15 is 0 Å². The van der Waals surface area contributed by atoms with E-state index in [1.807, 2.05) is 11.6 Å². The maximum Gasteiger partial charge on any atom is 0.320 e. The molecule has 162 valence electrons. The number of fused-ring (bicyclic) bond motifs is 1. The van der Waals surface area contributed by atoms with Gasteiger partial charge in [-0.15, -0.1) is 0 Å². The number of aromatic nitrogens is 4. The maximum atomic E-state index is 5.76. The van der Waals surface area contributed by atoms with E-state index < -0.39 is 0 Å². The van der Waals surface area contributed by atoms with Crippen LogP contribution in [0.25, 0.3) is 11.2 Å². The van der Waals surface area contributed by atoms with Gasteiger partial charge in [-0.05, 0) is 51.7 Å². The molecule has 8 heteroatoms. The van der Waals surface area contributed by atoms with Crippen LogP contribution in [-0.2, 0) is 6.54 Å². The standard InChI is InChI=1S/C21H36N6O2/c1-4-5-16-29-20-24-18(22-2)17-19(25-20)27(21(23-17)28-3)15-11-7-10-14-26-12-8-6-9-13-26/h4-16H2,1-3H3,(H,22,24,25). The first-order chi connectivity index (χ1) is 14.3. The fourth-order valence-corrected chi connectivity index (χ4v) is 3.83. The zero-order valence-electron chi connectivity index (χ0n) is 18.2. The minimum Gasteiger partial charge on any atom is -0.468 e. The van der Waals surface area contributed by atoms with Crippen LogP contribution in [0, 0.1) is 0 Å². The molecule has 0 aromatic carbocycles. The monoisotopic (exact) mass is 404 g/mol. The van der Waals surface area contributed by atoms with Crippen molar-refractivity contribution in [2.24, 2.45) is 0 Å². The normalized spacial score (nSPS) is 15.0. The minimum atomic E-state index is 0.393. The molecule has 2 aromatic rings. The van der Waals surface area contributed by atoms with Gasteiger partial charge in [0.15, 0.2) is 17.0 Å². The molecule has 1 aliphatic rings. The van der Waals surface area contributed by atoms with Crippen LogP contribution in [0.5, 0.6) is 12.0 Å². The van der Waals surface area contributed by atoms with Gasteiger partial charge in [-0.1, -0.05) is 26.2 Å². The Morgan fingerprint density at radius 3 is 2.48 bits per heavy atom. The van der Waals surface area contributed by atoms with Crippen molar-refractivity contribution >= 4 is 17.0 Å². The van der Waals surface area contributed by atoms with Gasteiger partial charge in [-0.25, -0.2) is 0 Å². The highest BCUT2D eigenvalue weighted by Crippen LogP contribution is 2.27. The number of hydrogen-bond donors (Lipinski definition) is 1. The maximum absolute atomic E-state index is 5.76. The van der Waals surface area contributed by atoms with Gasteiger partial charge in [0.2, 0.25) is 0 Å². The van der Waals surface area contributed by atoms with Gasteiger partial charge in [-0.2, -0.15) is 15.0 Å². The second-order valence-corrected chi connectivity index (χ2v) is 7.69. The molecule has 0 bridgehead atoms. The molecule has 1 N–H and O–H groups in total. The fourth-order valence-electron chi connectivity index (χ4n) is 3.83. The average Bonchev–Trinajstić information content (AvgIpc) is 3.11. The van der Waals surface area contributed by atoms with Gasteiger partial charge >= 0.3 is 6.01 Å². The van der Waals surface area contributed by atoms with E-state index in [-0.39, 0.29) is 0 Å². The smallest absolute Gasteiger partial charge is 0.320 e. The Morgan fingerprint density at radius 2 is 1.76 bits per heavy atom. The highest BCUT2D eigenvalue weighted by Gasteiger charge is 2.18. The highest BCUT2D eigenvalue weighted by molar-refractivity contribution is 5.84. The highest BCUT2D eigenvalue weighted by atomic mass is 16.5. The molecule has 2 aromatic heterocycles. The van der Waals surface area contributed by atoms with Crippen LogP contribution in [-0.4, -0.2) is 64.8 Å². The lowest BCUT2D eigenvalue weighted by molar-refractivity contribution is 0.223. The first-order valence-electron chi connectivity index (χ1n) is 11.1. The van der Waals surface area contributed by atoms with Crippen molar-refractivity contribution in [3.63, 3.8) is 0 Å². The molecule has 0 spiro atoms. The first kappa shape index (κ1) is 21.6. The van der Waals surface area contributed by atoms with Gasteiger partial charge < -0.3 is 19.7 Å². The number of rotatable bonds is 12. The molecule has 0 atom stereocenters. The largest absolute Gasteiger partial charge is 0.468 e. The van der Waals surface area contributed by atoms with Gasteiger partial charge in [0.05, 0.1) is 13.7 Å². The molecular weight excluding hydrogens is 368 g/mol. The van der Waals surface area contributed by atoms with Crippen molar-refractivity contribution < 1.29 is 9.47 Å². The Bertz CT molecular complexity index is 757. The summed E-state index contributed by atoms with van der Waals surface area (Å²) in [6.07, 6.45) is 9.65. The van der Waals surface area contributed by atoms with Crippen molar-refractivity contribution in [2.75, 3.05) is 45.7 Å². The minimum absolute atomic E-state index is 0.393. The van der Waals surface area contributed by atoms with Crippen molar-refractivity contribution in [1.29, 1.82) is 0 Å².